The number of hydrogen-bond donors (Lipinski definition) is 1. The van der Waals surface area contributed by atoms with Gasteiger partial charge in [0.15, 0.2) is 0 Å². The van der Waals surface area contributed by atoms with Gasteiger partial charge in [-0.3, -0.25) is 4.79 Å². The Morgan fingerprint density at radius 1 is 1.25 bits per heavy atom. The number of ether oxygens (including phenoxy) is 2. The van der Waals surface area contributed by atoms with Crippen molar-refractivity contribution in [2.45, 2.75) is 33.0 Å². The second kappa shape index (κ2) is 7.82. The van der Waals surface area contributed by atoms with E-state index in [1.54, 1.807) is 12.1 Å². The summed E-state index contributed by atoms with van der Waals surface area (Å²) in [6.07, 6.45) is 4.37. The van der Waals surface area contributed by atoms with Gasteiger partial charge in [-0.15, -0.1) is 0 Å². The first-order valence-electron chi connectivity index (χ1n) is 9.20. The number of benzene rings is 1. The Morgan fingerprint density at radius 2 is 2.14 bits per heavy atom. The van der Waals surface area contributed by atoms with Crippen molar-refractivity contribution in [3.8, 4) is 17.1 Å². The molecule has 1 aromatic carbocycles. The summed E-state index contributed by atoms with van der Waals surface area (Å²) in [7, 11) is 0. The summed E-state index contributed by atoms with van der Waals surface area (Å²) in [4.78, 5) is 19.6. The standard InChI is InChI=1S/C21H21N3O4/c1-13(2)27-16-5-3-4-14(10-16)6-7-19-23-20(24-28-19)17-11-15-12-26-9-8-18(15)22-21(17)25/h3-7,10-11,13H,8-9,12H2,1-2H3,(H,22,25)/b7-6+. The summed E-state index contributed by atoms with van der Waals surface area (Å²) in [6, 6.07) is 9.50. The van der Waals surface area contributed by atoms with Gasteiger partial charge < -0.3 is 19.0 Å². The molecule has 4 rings (SSSR count). The number of aromatic amines is 1. The fraction of sp³-hybridized carbons (Fsp3) is 0.286. The van der Waals surface area contributed by atoms with Gasteiger partial charge in [0.2, 0.25) is 5.82 Å². The van der Waals surface area contributed by atoms with E-state index in [9.17, 15) is 4.79 Å². The molecule has 1 aliphatic rings. The second-order valence-electron chi connectivity index (χ2n) is 6.85. The highest BCUT2D eigenvalue weighted by atomic mass is 16.5. The van der Waals surface area contributed by atoms with Crippen molar-refractivity contribution in [1.29, 1.82) is 0 Å². The molecule has 0 aliphatic carbocycles. The highest BCUT2D eigenvalue weighted by Gasteiger charge is 2.17. The summed E-state index contributed by atoms with van der Waals surface area (Å²) < 4.78 is 16.4. The molecule has 0 atom stereocenters. The third kappa shape index (κ3) is 4.04. The van der Waals surface area contributed by atoms with Crippen LogP contribution in [-0.4, -0.2) is 27.8 Å². The fourth-order valence-corrected chi connectivity index (χ4v) is 3.03. The largest absolute Gasteiger partial charge is 0.491 e. The van der Waals surface area contributed by atoms with Crippen molar-refractivity contribution in [3.63, 3.8) is 0 Å². The predicted octanol–water partition coefficient (Wildman–Crippen LogP) is 3.46. The zero-order valence-corrected chi connectivity index (χ0v) is 15.8. The number of hydrogen-bond acceptors (Lipinski definition) is 6. The van der Waals surface area contributed by atoms with Crippen LogP contribution >= 0.6 is 0 Å². The minimum atomic E-state index is -0.226. The van der Waals surface area contributed by atoms with E-state index in [4.69, 9.17) is 14.0 Å². The Morgan fingerprint density at radius 3 is 3.00 bits per heavy atom. The van der Waals surface area contributed by atoms with E-state index in [1.807, 2.05) is 44.2 Å². The number of H-pyrrole nitrogens is 1. The molecule has 0 saturated heterocycles. The minimum Gasteiger partial charge on any atom is -0.491 e. The smallest absolute Gasteiger partial charge is 0.259 e. The maximum atomic E-state index is 12.4. The van der Waals surface area contributed by atoms with Gasteiger partial charge in [-0.25, -0.2) is 0 Å². The van der Waals surface area contributed by atoms with Crippen molar-refractivity contribution in [2.24, 2.45) is 0 Å². The molecule has 28 heavy (non-hydrogen) atoms. The Kier molecular flexibility index (Phi) is 5.08. The van der Waals surface area contributed by atoms with Crippen LogP contribution in [0.5, 0.6) is 5.75 Å². The molecule has 1 N–H and O–H groups in total. The van der Waals surface area contributed by atoms with Crippen LogP contribution in [0.3, 0.4) is 0 Å². The van der Waals surface area contributed by atoms with Crippen LogP contribution in [-0.2, 0) is 17.8 Å². The molecule has 0 spiro atoms. The molecule has 144 valence electrons. The van der Waals surface area contributed by atoms with Crippen LogP contribution in [0.15, 0.2) is 39.6 Å². The molecule has 2 aromatic heterocycles. The van der Waals surface area contributed by atoms with E-state index in [-0.39, 0.29) is 17.5 Å². The maximum absolute atomic E-state index is 12.4. The average Bonchev–Trinajstić information content (AvgIpc) is 3.14. The van der Waals surface area contributed by atoms with E-state index in [0.717, 1.165) is 22.6 Å². The van der Waals surface area contributed by atoms with Crippen LogP contribution in [0.2, 0.25) is 0 Å². The maximum Gasteiger partial charge on any atom is 0.259 e. The molecule has 1 aliphatic heterocycles. The zero-order valence-electron chi connectivity index (χ0n) is 15.8. The highest BCUT2D eigenvalue weighted by molar-refractivity contribution is 5.67. The van der Waals surface area contributed by atoms with E-state index < -0.39 is 0 Å². The molecule has 3 aromatic rings. The van der Waals surface area contributed by atoms with E-state index in [0.29, 0.717) is 31.1 Å². The summed E-state index contributed by atoms with van der Waals surface area (Å²) in [5.41, 5.74) is 2.95. The number of nitrogens with zero attached hydrogens (tertiary/aromatic N) is 2. The zero-order chi connectivity index (χ0) is 19.5. The van der Waals surface area contributed by atoms with Crippen LogP contribution in [0.1, 0.15) is 36.6 Å². The first-order valence-corrected chi connectivity index (χ1v) is 9.20. The molecular formula is C21H21N3O4. The Hall–Kier alpha value is -3.19. The molecule has 0 saturated carbocycles. The number of pyridine rings is 1. The summed E-state index contributed by atoms with van der Waals surface area (Å²) in [5, 5.41) is 3.94. The quantitative estimate of drug-likeness (QED) is 0.730. The van der Waals surface area contributed by atoms with Gasteiger partial charge in [0.25, 0.3) is 11.4 Å². The molecule has 0 bridgehead atoms. The molecule has 7 heteroatoms. The number of nitrogens with one attached hydrogen (secondary N) is 1. The fourth-order valence-electron chi connectivity index (χ4n) is 3.03. The Balaban J connectivity index is 1.55. The van der Waals surface area contributed by atoms with Crippen LogP contribution < -0.4 is 10.3 Å². The topological polar surface area (TPSA) is 90.2 Å². The minimum absolute atomic E-state index is 0.109. The van der Waals surface area contributed by atoms with Gasteiger partial charge in [0, 0.05) is 18.2 Å². The van der Waals surface area contributed by atoms with Crippen molar-refractivity contribution in [2.75, 3.05) is 6.61 Å². The molecule has 0 unspecified atom stereocenters. The van der Waals surface area contributed by atoms with Gasteiger partial charge >= 0.3 is 0 Å². The number of aromatic nitrogens is 3. The first-order chi connectivity index (χ1) is 13.6. The van der Waals surface area contributed by atoms with Gasteiger partial charge in [0.05, 0.1) is 24.9 Å². The van der Waals surface area contributed by atoms with Crippen LogP contribution in [0.25, 0.3) is 23.5 Å². The molecule has 3 heterocycles. The normalized spacial score (nSPS) is 13.8. The summed E-state index contributed by atoms with van der Waals surface area (Å²) in [6.45, 7) is 5.05. The van der Waals surface area contributed by atoms with Gasteiger partial charge in [-0.2, -0.15) is 4.98 Å². The lowest BCUT2D eigenvalue weighted by Gasteiger charge is -2.15. The molecule has 0 fully saturated rings. The van der Waals surface area contributed by atoms with Crippen LogP contribution in [0, 0.1) is 0 Å². The van der Waals surface area contributed by atoms with Gasteiger partial charge in [-0.1, -0.05) is 17.3 Å². The van der Waals surface area contributed by atoms with Crippen molar-refractivity contribution in [3.05, 3.63) is 63.4 Å². The lowest BCUT2D eigenvalue weighted by atomic mass is 10.1. The molecular weight excluding hydrogens is 358 g/mol. The number of fused-ring (bicyclic) bond motifs is 1. The SMILES string of the molecule is CC(C)Oc1cccc(/C=C/c2nc(-c3cc4c([nH]c3=O)CCOC4)no2)c1. The van der Waals surface area contributed by atoms with E-state index in [1.165, 1.54) is 0 Å². The van der Waals surface area contributed by atoms with Crippen molar-refractivity contribution in [1.82, 2.24) is 15.1 Å². The number of rotatable bonds is 5. The lowest BCUT2D eigenvalue weighted by Crippen LogP contribution is -2.19. The predicted molar refractivity (Wildman–Crippen MR) is 105 cm³/mol. The monoisotopic (exact) mass is 379 g/mol. The highest BCUT2D eigenvalue weighted by Crippen LogP contribution is 2.20. The molecule has 0 amide bonds. The Bertz CT molecular complexity index is 1070. The van der Waals surface area contributed by atoms with Crippen molar-refractivity contribution < 1.29 is 14.0 Å². The Labute approximate surface area is 162 Å². The van der Waals surface area contributed by atoms with E-state index >= 15 is 0 Å². The lowest BCUT2D eigenvalue weighted by molar-refractivity contribution is 0.109. The summed E-state index contributed by atoms with van der Waals surface area (Å²) in [5.74, 6) is 1.37. The molecule has 0 radical (unpaired) electrons. The third-order valence-corrected chi connectivity index (χ3v) is 4.30. The first kappa shape index (κ1) is 18.2. The van der Waals surface area contributed by atoms with Crippen LogP contribution in [0.4, 0.5) is 0 Å². The van der Waals surface area contributed by atoms with Gasteiger partial charge in [0.1, 0.15) is 5.75 Å². The van der Waals surface area contributed by atoms with Gasteiger partial charge in [-0.05, 0) is 49.2 Å². The third-order valence-electron chi connectivity index (χ3n) is 4.30. The molecule has 7 nitrogen and oxygen atoms in total. The summed E-state index contributed by atoms with van der Waals surface area (Å²) >= 11 is 0. The second-order valence-corrected chi connectivity index (χ2v) is 6.85. The van der Waals surface area contributed by atoms with E-state index in [2.05, 4.69) is 15.1 Å². The van der Waals surface area contributed by atoms with Crippen molar-refractivity contribution >= 4 is 12.2 Å². The average molecular weight is 379 g/mol.